The van der Waals surface area contributed by atoms with Crippen LogP contribution in [0, 0.1) is 24.7 Å². The lowest BCUT2D eigenvalue weighted by Crippen LogP contribution is -2.36. The predicted octanol–water partition coefficient (Wildman–Crippen LogP) is 7.18. The first-order valence-electron chi connectivity index (χ1n) is 15.0. The third-order valence-electron chi connectivity index (χ3n) is 8.38. The summed E-state index contributed by atoms with van der Waals surface area (Å²) < 4.78 is 17.4. The molecule has 0 aliphatic heterocycles. The smallest absolute Gasteiger partial charge is 0.342 e. The zero-order valence-electron chi connectivity index (χ0n) is 25.4. The fourth-order valence-corrected chi connectivity index (χ4v) is 5.95. The van der Waals surface area contributed by atoms with Crippen LogP contribution >= 0.6 is 0 Å². The van der Waals surface area contributed by atoms with Crippen molar-refractivity contribution in [2.45, 2.75) is 53.1 Å². The van der Waals surface area contributed by atoms with Crippen molar-refractivity contribution in [1.29, 1.82) is 0 Å². The second kappa shape index (κ2) is 13.3. The lowest BCUT2D eigenvalue weighted by molar-refractivity contribution is -0.119. The van der Waals surface area contributed by atoms with Crippen molar-refractivity contribution in [2.24, 2.45) is 17.8 Å². The van der Waals surface area contributed by atoms with Gasteiger partial charge in [0.1, 0.15) is 17.4 Å². The summed E-state index contributed by atoms with van der Waals surface area (Å²) in [5.41, 5.74) is 1.45. The fraction of sp³-hybridized carbons (Fsp3) is 0.333. The zero-order valence-corrected chi connectivity index (χ0v) is 25.4. The number of rotatable bonds is 8. The molecule has 44 heavy (non-hydrogen) atoms. The lowest BCUT2D eigenvalue weighted by Gasteiger charge is -2.36. The Hall–Kier alpha value is -4.72. The van der Waals surface area contributed by atoms with Gasteiger partial charge in [-0.1, -0.05) is 75.7 Å². The second-order valence-corrected chi connectivity index (χ2v) is 11.9. The van der Waals surface area contributed by atoms with Gasteiger partial charge in [0, 0.05) is 11.1 Å². The van der Waals surface area contributed by atoms with E-state index in [4.69, 9.17) is 13.9 Å². The van der Waals surface area contributed by atoms with E-state index in [0.29, 0.717) is 28.7 Å². The molecule has 5 rings (SSSR count). The van der Waals surface area contributed by atoms with E-state index >= 15 is 0 Å². The number of amides is 1. The van der Waals surface area contributed by atoms with Crippen molar-refractivity contribution in [1.82, 2.24) is 0 Å². The highest BCUT2D eigenvalue weighted by atomic mass is 16.5. The Morgan fingerprint density at radius 3 is 2.36 bits per heavy atom. The molecule has 1 saturated carbocycles. The van der Waals surface area contributed by atoms with Crippen LogP contribution in [-0.4, -0.2) is 30.6 Å². The van der Waals surface area contributed by atoms with Gasteiger partial charge in [0.05, 0.1) is 16.6 Å². The molecule has 1 fully saturated rings. The van der Waals surface area contributed by atoms with E-state index in [-0.39, 0.29) is 45.2 Å². The molecular weight excluding hydrogens is 558 g/mol. The maximum absolute atomic E-state index is 13.3. The average Bonchev–Trinajstić information content (AvgIpc) is 3.02. The van der Waals surface area contributed by atoms with Gasteiger partial charge in [0.15, 0.2) is 17.6 Å². The lowest BCUT2D eigenvalue weighted by atomic mass is 9.75. The van der Waals surface area contributed by atoms with Gasteiger partial charge in [-0.15, -0.1) is 0 Å². The highest BCUT2D eigenvalue weighted by Gasteiger charge is 2.34. The molecule has 3 atom stereocenters. The molecule has 4 aromatic rings. The number of nitrogens with one attached hydrogen (secondary N) is 1. The summed E-state index contributed by atoms with van der Waals surface area (Å²) in [6.45, 7) is 7.52. The fourth-order valence-electron chi connectivity index (χ4n) is 5.95. The Morgan fingerprint density at radius 2 is 1.61 bits per heavy atom. The van der Waals surface area contributed by atoms with Crippen LogP contribution in [0.25, 0.3) is 22.3 Å². The zero-order chi connectivity index (χ0) is 31.4. The number of carbonyl (C=O) groups is 3. The van der Waals surface area contributed by atoms with E-state index in [0.717, 1.165) is 19.3 Å². The molecule has 8 heteroatoms. The van der Waals surface area contributed by atoms with Crippen molar-refractivity contribution in [3.8, 4) is 11.3 Å². The molecule has 0 spiro atoms. The molecule has 1 N–H and O–H groups in total. The van der Waals surface area contributed by atoms with E-state index < -0.39 is 24.5 Å². The predicted molar refractivity (Wildman–Crippen MR) is 169 cm³/mol. The molecule has 0 saturated heterocycles. The Balaban J connectivity index is 1.29. The highest BCUT2D eigenvalue weighted by molar-refractivity contribution is 6.05. The van der Waals surface area contributed by atoms with Gasteiger partial charge < -0.3 is 19.2 Å². The van der Waals surface area contributed by atoms with Crippen molar-refractivity contribution < 1.29 is 28.3 Å². The minimum Gasteiger partial charge on any atom is -0.458 e. The quantitative estimate of drug-likeness (QED) is 0.215. The summed E-state index contributed by atoms with van der Waals surface area (Å²) in [6, 6.07) is 20.4. The van der Waals surface area contributed by atoms with Gasteiger partial charge in [0.25, 0.3) is 5.91 Å². The van der Waals surface area contributed by atoms with Crippen LogP contribution in [0.15, 0.2) is 82.0 Å². The summed E-state index contributed by atoms with van der Waals surface area (Å²) in [7, 11) is 0. The normalized spacial score (nSPS) is 18.2. The summed E-state index contributed by atoms with van der Waals surface area (Å²) in [5, 5.41) is 2.91. The first-order valence-corrected chi connectivity index (χ1v) is 15.0. The van der Waals surface area contributed by atoms with Gasteiger partial charge in [-0.2, -0.15) is 0 Å². The van der Waals surface area contributed by atoms with Gasteiger partial charge in [0.2, 0.25) is 0 Å². The molecular formula is C36H37NO7. The minimum atomic E-state index is -0.824. The number of hydrogen-bond acceptors (Lipinski definition) is 7. The summed E-state index contributed by atoms with van der Waals surface area (Å²) >= 11 is 0. The molecule has 8 nitrogen and oxygen atoms in total. The number of ether oxygens (including phenoxy) is 2. The van der Waals surface area contributed by atoms with Crippen LogP contribution in [0.4, 0.5) is 5.69 Å². The first kappa shape index (κ1) is 30.7. The molecule has 228 valence electrons. The number of esters is 2. The van der Waals surface area contributed by atoms with E-state index in [1.807, 2.05) is 30.3 Å². The maximum atomic E-state index is 13.3. The molecule has 1 amide bonds. The van der Waals surface area contributed by atoms with Gasteiger partial charge >= 0.3 is 11.9 Å². The van der Waals surface area contributed by atoms with Crippen molar-refractivity contribution >= 4 is 34.5 Å². The number of para-hydroxylation sites is 2. The Bertz CT molecular complexity index is 1740. The van der Waals surface area contributed by atoms with E-state index in [1.165, 1.54) is 6.07 Å². The molecule has 0 bridgehead atoms. The molecule has 3 aromatic carbocycles. The van der Waals surface area contributed by atoms with Crippen LogP contribution in [0.1, 0.15) is 66.3 Å². The molecule has 1 heterocycles. The molecule has 1 aliphatic carbocycles. The van der Waals surface area contributed by atoms with Gasteiger partial charge in [-0.25, -0.2) is 9.59 Å². The van der Waals surface area contributed by atoms with Crippen LogP contribution in [0.2, 0.25) is 0 Å². The molecule has 1 aliphatic rings. The SMILES string of the molecule is Cc1c(-c2ccccc2)oc2c(C(=O)OCC(=O)Nc3ccccc3C(=O)O[C@H]3C[C@@H](C)CC[C@@H]3C(C)C)cccc2c1=O. The van der Waals surface area contributed by atoms with Crippen molar-refractivity contribution in [3.63, 3.8) is 0 Å². The van der Waals surface area contributed by atoms with Crippen LogP contribution in [0.5, 0.6) is 0 Å². The Morgan fingerprint density at radius 1 is 0.909 bits per heavy atom. The Kier molecular flexibility index (Phi) is 9.28. The van der Waals surface area contributed by atoms with Crippen LogP contribution < -0.4 is 10.7 Å². The van der Waals surface area contributed by atoms with Crippen molar-refractivity contribution in [3.05, 3.63) is 99.7 Å². The average molecular weight is 596 g/mol. The number of hydrogen-bond donors (Lipinski definition) is 1. The number of anilines is 1. The number of benzene rings is 3. The molecule has 1 aromatic heterocycles. The standard InChI is InChI=1S/C36H37NO7/c1-21(2)25-18-17-22(3)19-30(25)43-36(41)26-13-8-9-16-29(26)37-31(38)20-42-35(40)28-15-10-14-27-32(39)23(4)33(44-34(27)28)24-11-6-5-7-12-24/h5-16,21-22,25,30H,17-20H2,1-4H3,(H,37,38)/t22-,25+,30-/m0/s1. The molecule has 0 radical (unpaired) electrons. The van der Waals surface area contributed by atoms with E-state index in [9.17, 15) is 19.2 Å². The second-order valence-electron chi connectivity index (χ2n) is 11.9. The number of fused-ring (bicyclic) bond motifs is 1. The van der Waals surface area contributed by atoms with Gasteiger partial charge in [-0.3, -0.25) is 9.59 Å². The topological polar surface area (TPSA) is 112 Å². The van der Waals surface area contributed by atoms with E-state index in [1.54, 1.807) is 43.3 Å². The summed E-state index contributed by atoms with van der Waals surface area (Å²) in [4.78, 5) is 52.4. The van der Waals surface area contributed by atoms with Gasteiger partial charge in [-0.05, 0) is 61.8 Å². The summed E-state index contributed by atoms with van der Waals surface area (Å²) in [5.74, 6) is -0.472. The maximum Gasteiger partial charge on any atom is 0.342 e. The van der Waals surface area contributed by atoms with Crippen LogP contribution in [0.3, 0.4) is 0 Å². The highest BCUT2D eigenvalue weighted by Crippen LogP contribution is 2.36. The first-order chi connectivity index (χ1) is 21.1. The number of carbonyl (C=O) groups excluding carboxylic acids is 3. The third kappa shape index (κ3) is 6.59. The largest absolute Gasteiger partial charge is 0.458 e. The summed E-state index contributed by atoms with van der Waals surface area (Å²) in [6.07, 6.45) is 2.73. The van der Waals surface area contributed by atoms with Crippen molar-refractivity contribution in [2.75, 3.05) is 11.9 Å². The minimum absolute atomic E-state index is 0.0231. The van der Waals surface area contributed by atoms with E-state index in [2.05, 4.69) is 26.1 Å². The monoisotopic (exact) mass is 595 g/mol. The van der Waals surface area contributed by atoms with Crippen LogP contribution in [-0.2, 0) is 14.3 Å². The third-order valence-corrected chi connectivity index (χ3v) is 8.38. The Labute approximate surface area is 256 Å². The molecule has 0 unspecified atom stereocenters.